The second-order valence-electron chi connectivity index (χ2n) is 5.05. The molecule has 2 heterocycles. The molecular weight excluding hydrogens is 290 g/mol. The standard InChI is InChI=1S/C15H25NS3/c1-4-7-16-13(14-11(3)6-8-18-14)15-12(5-2)17-9-10-19-15/h6,8,12-13,15-16H,4-5,7,9-10H2,1-3H3. The first-order valence-electron chi connectivity index (χ1n) is 7.28. The van der Waals surface area contributed by atoms with Crippen LogP contribution >= 0.6 is 34.9 Å². The molecule has 2 rings (SSSR count). The van der Waals surface area contributed by atoms with Gasteiger partial charge in [-0.3, -0.25) is 0 Å². The summed E-state index contributed by atoms with van der Waals surface area (Å²) >= 11 is 6.29. The summed E-state index contributed by atoms with van der Waals surface area (Å²) in [6.07, 6.45) is 2.50. The number of thioether (sulfide) groups is 2. The highest BCUT2D eigenvalue weighted by atomic mass is 32.2. The number of nitrogens with one attached hydrogen (secondary N) is 1. The topological polar surface area (TPSA) is 12.0 Å². The van der Waals surface area contributed by atoms with Gasteiger partial charge < -0.3 is 5.32 Å². The van der Waals surface area contributed by atoms with Gasteiger partial charge in [0.2, 0.25) is 0 Å². The number of aryl methyl sites for hydroxylation is 1. The Hall–Kier alpha value is 0.360. The molecule has 19 heavy (non-hydrogen) atoms. The van der Waals surface area contributed by atoms with Crippen molar-refractivity contribution in [2.45, 2.75) is 50.2 Å². The Morgan fingerprint density at radius 2 is 2.11 bits per heavy atom. The number of thiophene rings is 1. The van der Waals surface area contributed by atoms with E-state index >= 15 is 0 Å². The summed E-state index contributed by atoms with van der Waals surface area (Å²) in [5.74, 6) is 2.63. The van der Waals surface area contributed by atoms with Gasteiger partial charge in [-0.15, -0.1) is 11.3 Å². The van der Waals surface area contributed by atoms with Gasteiger partial charge in [0, 0.05) is 26.9 Å². The molecule has 0 aliphatic carbocycles. The molecule has 1 nitrogen and oxygen atoms in total. The second-order valence-corrected chi connectivity index (χ2v) is 8.63. The first-order valence-corrected chi connectivity index (χ1v) is 10.3. The lowest BCUT2D eigenvalue weighted by atomic mass is 10.0. The van der Waals surface area contributed by atoms with Crippen LogP contribution in [0.1, 0.15) is 43.2 Å². The average molecular weight is 316 g/mol. The van der Waals surface area contributed by atoms with Gasteiger partial charge in [0.15, 0.2) is 0 Å². The summed E-state index contributed by atoms with van der Waals surface area (Å²) in [6.45, 7) is 7.98. The van der Waals surface area contributed by atoms with Crippen LogP contribution in [-0.2, 0) is 0 Å². The first-order chi connectivity index (χ1) is 9.27. The maximum atomic E-state index is 3.82. The Morgan fingerprint density at radius 3 is 2.74 bits per heavy atom. The van der Waals surface area contributed by atoms with Gasteiger partial charge in [-0.05, 0) is 43.3 Å². The predicted molar refractivity (Wildman–Crippen MR) is 92.9 cm³/mol. The lowest BCUT2D eigenvalue weighted by Gasteiger charge is -2.36. The molecular formula is C15H25NS3. The molecule has 1 aliphatic rings. The fourth-order valence-electron chi connectivity index (χ4n) is 2.61. The Bertz CT molecular complexity index is 377. The zero-order chi connectivity index (χ0) is 13.7. The molecule has 1 N–H and O–H groups in total. The third-order valence-electron chi connectivity index (χ3n) is 3.62. The molecule has 108 valence electrons. The molecule has 1 fully saturated rings. The van der Waals surface area contributed by atoms with Crippen molar-refractivity contribution in [3.05, 3.63) is 21.9 Å². The Morgan fingerprint density at radius 1 is 1.32 bits per heavy atom. The lowest BCUT2D eigenvalue weighted by Crippen LogP contribution is -2.39. The largest absolute Gasteiger partial charge is 0.308 e. The van der Waals surface area contributed by atoms with E-state index in [-0.39, 0.29) is 0 Å². The minimum Gasteiger partial charge on any atom is -0.308 e. The molecule has 0 amide bonds. The van der Waals surface area contributed by atoms with E-state index in [1.807, 2.05) is 11.3 Å². The van der Waals surface area contributed by atoms with Crippen LogP contribution < -0.4 is 5.32 Å². The van der Waals surface area contributed by atoms with Crippen LogP contribution in [0.3, 0.4) is 0 Å². The molecule has 1 aromatic rings. The van der Waals surface area contributed by atoms with Crippen molar-refractivity contribution in [3.63, 3.8) is 0 Å². The van der Waals surface area contributed by atoms with E-state index in [1.54, 1.807) is 4.88 Å². The fourth-order valence-corrected chi connectivity index (χ4v) is 6.97. The van der Waals surface area contributed by atoms with Gasteiger partial charge in [0.25, 0.3) is 0 Å². The second kappa shape index (κ2) is 7.96. The van der Waals surface area contributed by atoms with Crippen LogP contribution in [0.25, 0.3) is 0 Å². The van der Waals surface area contributed by atoms with Gasteiger partial charge >= 0.3 is 0 Å². The van der Waals surface area contributed by atoms with Crippen molar-refractivity contribution in [1.29, 1.82) is 0 Å². The Labute approximate surface area is 130 Å². The van der Waals surface area contributed by atoms with E-state index in [0.29, 0.717) is 6.04 Å². The molecule has 0 radical (unpaired) electrons. The summed E-state index contributed by atoms with van der Waals surface area (Å²) in [4.78, 5) is 1.56. The number of rotatable bonds is 6. The average Bonchev–Trinajstić information content (AvgIpc) is 2.86. The van der Waals surface area contributed by atoms with E-state index in [1.165, 1.54) is 29.9 Å². The van der Waals surface area contributed by atoms with E-state index in [0.717, 1.165) is 17.0 Å². The van der Waals surface area contributed by atoms with E-state index in [9.17, 15) is 0 Å². The fraction of sp³-hybridized carbons (Fsp3) is 0.733. The van der Waals surface area contributed by atoms with Crippen LogP contribution in [-0.4, -0.2) is 28.6 Å². The smallest absolute Gasteiger partial charge is 0.0548 e. The van der Waals surface area contributed by atoms with Gasteiger partial charge in [-0.25, -0.2) is 0 Å². The lowest BCUT2D eigenvalue weighted by molar-refractivity contribution is 0.503. The molecule has 1 saturated heterocycles. The maximum absolute atomic E-state index is 3.82. The van der Waals surface area contributed by atoms with Crippen LogP contribution in [0.2, 0.25) is 0 Å². The van der Waals surface area contributed by atoms with E-state index in [4.69, 9.17) is 0 Å². The van der Waals surface area contributed by atoms with Crippen molar-refractivity contribution >= 4 is 34.9 Å². The molecule has 0 saturated carbocycles. The minimum absolute atomic E-state index is 0.544. The number of hydrogen-bond acceptors (Lipinski definition) is 4. The molecule has 0 aromatic carbocycles. The highest BCUT2D eigenvalue weighted by molar-refractivity contribution is 8.07. The molecule has 3 unspecified atom stereocenters. The minimum atomic E-state index is 0.544. The predicted octanol–water partition coefficient (Wildman–Crippen LogP) is 4.72. The van der Waals surface area contributed by atoms with Crippen molar-refractivity contribution < 1.29 is 0 Å². The maximum Gasteiger partial charge on any atom is 0.0548 e. The van der Waals surface area contributed by atoms with Gasteiger partial charge in [-0.2, -0.15) is 23.5 Å². The molecule has 1 aromatic heterocycles. The third-order valence-corrected chi connectivity index (χ3v) is 8.07. The Kier molecular flexibility index (Phi) is 6.60. The highest BCUT2D eigenvalue weighted by Gasteiger charge is 2.33. The van der Waals surface area contributed by atoms with Crippen LogP contribution in [0.4, 0.5) is 0 Å². The molecule has 3 atom stereocenters. The van der Waals surface area contributed by atoms with Crippen molar-refractivity contribution in [2.24, 2.45) is 0 Å². The zero-order valence-electron chi connectivity index (χ0n) is 12.1. The van der Waals surface area contributed by atoms with Gasteiger partial charge in [0.1, 0.15) is 0 Å². The van der Waals surface area contributed by atoms with Crippen molar-refractivity contribution in [1.82, 2.24) is 5.32 Å². The van der Waals surface area contributed by atoms with Crippen molar-refractivity contribution in [3.8, 4) is 0 Å². The normalized spacial score (nSPS) is 25.4. The monoisotopic (exact) mass is 315 g/mol. The SMILES string of the molecule is CCCNC(c1sccc1C)C1SCCSC1CC. The molecule has 1 aliphatic heterocycles. The summed E-state index contributed by atoms with van der Waals surface area (Å²) in [5, 5.41) is 7.60. The summed E-state index contributed by atoms with van der Waals surface area (Å²) < 4.78 is 0. The molecule has 0 bridgehead atoms. The van der Waals surface area contributed by atoms with E-state index in [2.05, 4.69) is 61.1 Å². The first kappa shape index (κ1) is 15.7. The highest BCUT2D eigenvalue weighted by Crippen LogP contribution is 2.42. The molecule has 4 heteroatoms. The van der Waals surface area contributed by atoms with Crippen molar-refractivity contribution in [2.75, 3.05) is 18.1 Å². The van der Waals surface area contributed by atoms with Gasteiger partial charge in [-0.1, -0.05) is 13.8 Å². The van der Waals surface area contributed by atoms with E-state index < -0.39 is 0 Å². The zero-order valence-corrected chi connectivity index (χ0v) is 14.6. The van der Waals surface area contributed by atoms with Crippen LogP contribution in [0, 0.1) is 6.92 Å². The van der Waals surface area contributed by atoms with Crippen LogP contribution in [0.15, 0.2) is 11.4 Å². The summed E-state index contributed by atoms with van der Waals surface area (Å²) in [7, 11) is 0. The summed E-state index contributed by atoms with van der Waals surface area (Å²) in [5.41, 5.74) is 1.46. The Balaban J connectivity index is 2.18. The quantitative estimate of drug-likeness (QED) is 0.815. The summed E-state index contributed by atoms with van der Waals surface area (Å²) in [6, 6.07) is 2.81. The van der Waals surface area contributed by atoms with Gasteiger partial charge in [0.05, 0.1) is 6.04 Å². The number of hydrogen-bond donors (Lipinski definition) is 1. The van der Waals surface area contributed by atoms with Crippen LogP contribution in [0.5, 0.6) is 0 Å². The third kappa shape index (κ3) is 3.93. The molecule has 0 spiro atoms.